The lowest BCUT2D eigenvalue weighted by molar-refractivity contribution is -0.135. The number of aromatic nitrogens is 2. The van der Waals surface area contributed by atoms with Crippen molar-refractivity contribution in [2.45, 2.75) is 12.8 Å². The van der Waals surface area contributed by atoms with Gasteiger partial charge >= 0.3 is 0 Å². The van der Waals surface area contributed by atoms with E-state index in [1.807, 2.05) is 30.3 Å². The quantitative estimate of drug-likeness (QED) is 0.696. The second-order valence-corrected chi connectivity index (χ2v) is 6.46. The number of hydrazone groups is 1. The van der Waals surface area contributed by atoms with E-state index in [-0.39, 0.29) is 30.3 Å². The van der Waals surface area contributed by atoms with E-state index in [9.17, 15) is 18.4 Å². The Labute approximate surface area is 169 Å². The molecule has 1 aliphatic heterocycles. The first kappa shape index (κ1) is 19.4. The lowest BCUT2D eigenvalue weighted by Gasteiger charge is -2.21. The Bertz CT molecular complexity index is 1130. The zero-order chi connectivity index (χ0) is 21.1. The molecule has 8 nitrogen and oxygen atoms in total. The number of rotatable bonds is 5. The topological polar surface area (TPSA) is 101 Å². The molecule has 0 atom stereocenters. The first-order valence-corrected chi connectivity index (χ1v) is 9.02. The Hall–Kier alpha value is -3.95. The average Bonchev–Trinajstić information content (AvgIpc) is 3.23. The molecule has 2 aromatic carbocycles. The number of hydrogen-bond acceptors (Lipinski definition) is 6. The molecule has 1 N–H and O–H groups in total. The van der Waals surface area contributed by atoms with Crippen LogP contribution in [0.4, 0.5) is 14.5 Å². The number of benzene rings is 2. The molecule has 10 heteroatoms. The smallest absolute Gasteiger partial charge is 0.274 e. The highest BCUT2D eigenvalue weighted by Crippen LogP contribution is 2.19. The van der Waals surface area contributed by atoms with E-state index < -0.39 is 24.1 Å². The predicted molar refractivity (Wildman–Crippen MR) is 102 cm³/mol. The molecule has 2 amide bonds. The van der Waals surface area contributed by atoms with Crippen LogP contribution in [0, 0.1) is 11.6 Å². The van der Waals surface area contributed by atoms with E-state index in [4.69, 9.17) is 4.52 Å². The maximum Gasteiger partial charge on any atom is 0.274 e. The van der Waals surface area contributed by atoms with Crippen LogP contribution in [0.25, 0.3) is 11.4 Å². The highest BCUT2D eigenvalue weighted by atomic mass is 19.2. The molecule has 0 saturated carbocycles. The summed E-state index contributed by atoms with van der Waals surface area (Å²) in [5.41, 5.74) is 1.21. The minimum atomic E-state index is -1.09. The van der Waals surface area contributed by atoms with Crippen LogP contribution in [-0.2, 0) is 9.59 Å². The molecule has 1 aromatic heterocycles. The van der Waals surface area contributed by atoms with Gasteiger partial charge in [-0.05, 0) is 12.1 Å². The van der Waals surface area contributed by atoms with E-state index in [0.29, 0.717) is 11.5 Å². The van der Waals surface area contributed by atoms with Gasteiger partial charge in [-0.15, -0.1) is 0 Å². The first-order chi connectivity index (χ1) is 14.5. The van der Waals surface area contributed by atoms with Crippen LogP contribution in [0.2, 0.25) is 0 Å². The van der Waals surface area contributed by atoms with E-state index >= 15 is 0 Å². The number of carbonyl (C=O) groups is 2. The summed E-state index contributed by atoms with van der Waals surface area (Å²) >= 11 is 0. The van der Waals surface area contributed by atoms with Crippen molar-refractivity contribution < 1.29 is 22.9 Å². The SMILES string of the molecule is O=C(CN1N=C(c2nc(-c3ccccc3)no2)CCC1=O)Nc1ccc(F)c(F)c1. The predicted octanol–water partition coefficient (Wildman–Crippen LogP) is 2.98. The Morgan fingerprint density at radius 2 is 1.90 bits per heavy atom. The fraction of sp³-hybridized carbons (Fsp3) is 0.150. The number of nitrogens with one attached hydrogen (secondary N) is 1. The largest absolute Gasteiger partial charge is 0.332 e. The van der Waals surface area contributed by atoms with E-state index in [1.165, 1.54) is 6.07 Å². The fourth-order valence-corrected chi connectivity index (χ4v) is 2.83. The summed E-state index contributed by atoms with van der Waals surface area (Å²) < 4.78 is 31.5. The van der Waals surface area contributed by atoms with Crippen molar-refractivity contribution in [1.29, 1.82) is 0 Å². The summed E-state index contributed by atoms with van der Waals surface area (Å²) in [6, 6.07) is 12.2. The zero-order valence-electron chi connectivity index (χ0n) is 15.5. The number of carbonyl (C=O) groups excluding carboxylic acids is 2. The summed E-state index contributed by atoms with van der Waals surface area (Å²) in [4.78, 5) is 28.7. The molecule has 0 bridgehead atoms. The summed E-state index contributed by atoms with van der Waals surface area (Å²) in [6.07, 6.45) is 0.400. The molecule has 0 radical (unpaired) electrons. The van der Waals surface area contributed by atoms with Gasteiger partial charge in [0.2, 0.25) is 17.6 Å². The molecule has 0 unspecified atom stereocenters. The molecule has 3 aromatic rings. The van der Waals surface area contributed by atoms with Crippen LogP contribution in [-0.4, -0.2) is 39.2 Å². The third-order valence-electron chi connectivity index (χ3n) is 4.31. The van der Waals surface area contributed by atoms with Gasteiger partial charge in [-0.25, -0.2) is 13.8 Å². The van der Waals surface area contributed by atoms with Crippen molar-refractivity contribution in [3.63, 3.8) is 0 Å². The Kier molecular flexibility index (Phi) is 5.29. The van der Waals surface area contributed by atoms with Crippen LogP contribution in [0.5, 0.6) is 0 Å². The number of hydrogen-bond donors (Lipinski definition) is 1. The number of anilines is 1. The Balaban J connectivity index is 1.47. The molecule has 0 aliphatic carbocycles. The highest BCUT2D eigenvalue weighted by molar-refractivity contribution is 6.02. The Morgan fingerprint density at radius 1 is 1.10 bits per heavy atom. The van der Waals surface area contributed by atoms with Gasteiger partial charge in [0.1, 0.15) is 12.3 Å². The summed E-state index contributed by atoms with van der Waals surface area (Å²) in [5.74, 6) is -2.55. The standard InChI is InChI=1S/C20H15F2N5O3/c21-14-7-6-13(10-15(14)22)23-17(28)11-27-18(29)9-8-16(25-27)20-24-19(26-30-20)12-4-2-1-3-5-12/h1-7,10H,8-9,11H2,(H,23,28). The Morgan fingerprint density at radius 3 is 2.67 bits per heavy atom. The van der Waals surface area contributed by atoms with Crippen molar-refractivity contribution in [2.75, 3.05) is 11.9 Å². The van der Waals surface area contributed by atoms with Crippen molar-refractivity contribution in [3.05, 3.63) is 66.1 Å². The van der Waals surface area contributed by atoms with Gasteiger partial charge in [0.25, 0.3) is 5.89 Å². The van der Waals surface area contributed by atoms with Crippen molar-refractivity contribution in [1.82, 2.24) is 15.1 Å². The second kappa shape index (κ2) is 8.19. The lowest BCUT2D eigenvalue weighted by atomic mass is 10.1. The van der Waals surface area contributed by atoms with E-state index in [1.54, 1.807) is 0 Å². The van der Waals surface area contributed by atoms with Gasteiger partial charge in [-0.3, -0.25) is 9.59 Å². The average molecular weight is 411 g/mol. The van der Waals surface area contributed by atoms with Gasteiger partial charge in [-0.1, -0.05) is 35.5 Å². The fourth-order valence-electron chi connectivity index (χ4n) is 2.83. The molecule has 0 fully saturated rings. The van der Waals surface area contributed by atoms with Gasteiger partial charge in [0.15, 0.2) is 11.6 Å². The van der Waals surface area contributed by atoms with Crippen molar-refractivity contribution in [2.24, 2.45) is 5.10 Å². The van der Waals surface area contributed by atoms with Crippen LogP contribution in [0.1, 0.15) is 18.7 Å². The van der Waals surface area contributed by atoms with Crippen LogP contribution < -0.4 is 5.32 Å². The van der Waals surface area contributed by atoms with Gasteiger partial charge < -0.3 is 9.84 Å². The van der Waals surface area contributed by atoms with Crippen molar-refractivity contribution >= 4 is 23.2 Å². The first-order valence-electron chi connectivity index (χ1n) is 9.02. The molecule has 0 saturated heterocycles. The van der Waals surface area contributed by atoms with Gasteiger partial charge in [0.05, 0.1) is 0 Å². The summed E-state index contributed by atoms with van der Waals surface area (Å²) in [7, 11) is 0. The van der Waals surface area contributed by atoms with Crippen LogP contribution in [0.3, 0.4) is 0 Å². The van der Waals surface area contributed by atoms with Crippen LogP contribution >= 0.6 is 0 Å². The minimum Gasteiger partial charge on any atom is -0.332 e. The molecule has 4 rings (SSSR count). The molecule has 152 valence electrons. The maximum atomic E-state index is 13.3. The number of nitrogens with zero attached hydrogens (tertiary/aromatic N) is 4. The molecule has 2 heterocycles. The van der Waals surface area contributed by atoms with Crippen molar-refractivity contribution in [3.8, 4) is 11.4 Å². The normalized spacial score (nSPS) is 13.9. The monoisotopic (exact) mass is 411 g/mol. The molecule has 30 heavy (non-hydrogen) atoms. The molecular weight excluding hydrogens is 396 g/mol. The number of amides is 2. The second-order valence-electron chi connectivity index (χ2n) is 6.46. The van der Waals surface area contributed by atoms with E-state index in [2.05, 4.69) is 20.6 Å². The van der Waals surface area contributed by atoms with E-state index in [0.717, 1.165) is 22.7 Å². The summed E-state index contributed by atoms with van der Waals surface area (Å²) in [5, 5.41) is 11.5. The third kappa shape index (κ3) is 4.22. The molecule has 0 spiro atoms. The minimum absolute atomic E-state index is 0.0666. The summed E-state index contributed by atoms with van der Waals surface area (Å²) in [6.45, 7) is -0.402. The molecular formula is C20H15F2N5O3. The number of halogens is 2. The van der Waals surface area contributed by atoms with Gasteiger partial charge in [0, 0.05) is 30.2 Å². The highest BCUT2D eigenvalue weighted by Gasteiger charge is 2.26. The lowest BCUT2D eigenvalue weighted by Crippen LogP contribution is -2.38. The van der Waals surface area contributed by atoms with Gasteiger partial charge in [-0.2, -0.15) is 10.1 Å². The third-order valence-corrected chi connectivity index (χ3v) is 4.31. The van der Waals surface area contributed by atoms with Crippen LogP contribution in [0.15, 0.2) is 58.2 Å². The zero-order valence-corrected chi connectivity index (χ0v) is 15.5. The maximum absolute atomic E-state index is 13.3. The molecule has 1 aliphatic rings.